The molecule has 1 nitrogen and oxygen atoms in total. The monoisotopic (exact) mass is 454 g/mol. The summed E-state index contributed by atoms with van der Waals surface area (Å²) in [5, 5.41) is 10.6. The Kier molecular flexibility index (Phi) is 8.55. The van der Waals surface area contributed by atoms with E-state index in [9.17, 15) is 5.11 Å². The number of rotatable bonds is 10. The van der Waals surface area contributed by atoms with Crippen LogP contribution >= 0.6 is 0 Å². The fraction of sp³-hybridized carbons (Fsp3) is 0.394. The summed E-state index contributed by atoms with van der Waals surface area (Å²) in [6, 6.07) is 24.8. The van der Waals surface area contributed by atoms with Gasteiger partial charge in [-0.25, -0.2) is 0 Å². The van der Waals surface area contributed by atoms with Gasteiger partial charge in [0.1, 0.15) is 0 Å². The lowest BCUT2D eigenvalue weighted by atomic mass is 9.70. The number of aliphatic hydroxyl groups is 1. The van der Waals surface area contributed by atoms with E-state index in [1.54, 1.807) is 0 Å². The van der Waals surface area contributed by atoms with E-state index < -0.39 is 5.60 Å². The average molecular weight is 455 g/mol. The van der Waals surface area contributed by atoms with Crippen LogP contribution in [0.4, 0.5) is 0 Å². The first-order valence-corrected chi connectivity index (χ1v) is 13.1. The lowest BCUT2D eigenvalue weighted by molar-refractivity contribution is 0.0836. The van der Waals surface area contributed by atoms with Crippen molar-refractivity contribution in [2.45, 2.75) is 84.7 Å². The molecule has 0 saturated carbocycles. The summed E-state index contributed by atoms with van der Waals surface area (Å²) in [6.07, 6.45) is 8.65. The van der Waals surface area contributed by atoms with Gasteiger partial charge in [0.25, 0.3) is 0 Å². The van der Waals surface area contributed by atoms with Crippen molar-refractivity contribution in [3.05, 3.63) is 101 Å². The molecule has 3 aromatic carbocycles. The molecule has 0 heterocycles. The van der Waals surface area contributed by atoms with Crippen LogP contribution in [0.5, 0.6) is 0 Å². The molecule has 0 aliphatic heterocycles. The Morgan fingerprint density at radius 1 is 0.735 bits per heavy atom. The number of hydrogen-bond donors (Lipinski definition) is 1. The Morgan fingerprint density at radius 2 is 1.35 bits per heavy atom. The maximum Gasteiger partial charge on any atom is 0.0825 e. The second-order valence-corrected chi connectivity index (χ2v) is 9.59. The number of aryl methyl sites for hydroxylation is 2. The normalized spacial score (nSPS) is 12.4. The zero-order valence-corrected chi connectivity index (χ0v) is 22.0. The molecular weight excluding hydrogens is 412 g/mol. The van der Waals surface area contributed by atoms with Gasteiger partial charge in [-0.3, -0.25) is 0 Å². The van der Waals surface area contributed by atoms with Crippen molar-refractivity contribution in [2.75, 3.05) is 0 Å². The van der Waals surface area contributed by atoms with Crippen molar-refractivity contribution in [2.24, 2.45) is 0 Å². The van der Waals surface area contributed by atoms with Gasteiger partial charge in [0.2, 0.25) is 0 Å². The molecule has 3 rings (SSSR count). The van der Waals surface area contributed by atoms with Gasteiger partial charge in [-0.05, 0) is 78.0 Å². The third-order valence-electron chi connectivity index (χ3n) is 7.97. The molecule has 0 spiro atoms. The summed E-state index contributed by atoms with van der Waals surface area (Å²) in [6.45, 7) is 13.1. The molecular formula is C33H42O. The second kappa shape index (κ2) is 11.2. The Balaban J connectivity index is 1.97. The fourth-order valence-corrected chi connectivity index (χ4v) is 5.20. The van der Waals surface area contributed by atoms with Gasteiger partial charge in [-0.2, -0.15) is 0 Å². The first kappa shape index (κ1) is 26.0. The lowest BCUT2D eigenvalue weighted by Crippen LogP contribution is -2.26. The summed E-state index contributed by atoms with van der Waals surface area (Å²) >= 11 is 0. The van der Waals surface area contributed by atoms with Gasteiger partial charge >= 0.3 is 0 Å². The molecule has 0 saturated heterocycles. The van der Waals surface area contributed by atoms with Gasteiger partial charge in [-0.1, -0.05) is 114 Å². The molecule has 0 radical (unpaired) electrons. The molecule has 180 valence electrons. The minimum absolute atomic E-state index is 0.0105. The van der Waals surface area contributed by atoms with E-state index in [2.05, 4.69) is 101 Å². The van der Waals surface area contributed by atoms with Crippen molar-refractivity contribution in [3.8, 4) is 11.1 Å². The van der Waals surface area contributed by atoms with Crippen molar-refractivity contribution in [1.82, 2.24) is 0 Å². The van der Waals surface area contributed by atoms with Gasteiger partial charge in [0.05, 0.1) is 5.60 Å². The highest BCUT2D eigenvalue weighted by Crippen LogP contribution is 2.40. The lowest BCUT2D eigenvalue weighted by Gasteiger charge is -2.34. The van der Waals surface area contributed by atoms with E-state index in [4.69, 9.17) is 0 Å². The third kappa shape index (κ3) is 5.20. The number of benzene rings is 3. The van der Waals surface area contributed by atoms with Crippen molar-refractivity contribution < 1.29 is 5.11 Å². The van der Waals surface area contributed by atoms with Crippen LogP contribution in [-0.4, -0.2) is 10.7 Å². The Bertz CT molecular complexity index is 1100. The highest BCUT2D eigenvalue weighted by Gasteiger charge is 2.31. The molecule has 0 amide bonds. The van der Waals surface area contributed by atoms with Gasteiger partial charge in [0.15, 0.2) is 0 Å². The quantitative estimate of drug-likeness (QED) is 0.324. The van der Waals surface area contributed by atoms with Gasteiger partial charge in [-0.15, -0.1) is 0 Å². The van der Waals surface area contributed by atoms with Crippen molar-refractivity contribution in [3.63, 3.8) is 0 Å². The van der Waals surface area contributed by atoms with E-state index in [0.717, 1.165) is 32.1 Å². The molecule has 0 aliphatic rings. The molecule has 0 bridgehead atoms. The minimum atomic E-state index is -0.722. The largest absolute Gasteiger partial charge is 0.386 e. The fourth-order valence-electron chi connectivity index (χ4n) is 5.20. The van der Waals surface area contributed by atoms with Crippen molar-refractivity contribution >= 4 is 6.08 Å². The molecule has 1 heteroatoms. The molecule has 0 aromatic heterocycles. The zero-order valence-electron chi connectivity index (χ0n) is 22.0. The highest BCUT2D eigenvalue weighted by atomic mass is 16.3. The van der Waals surface area contributed by atoms with Crippen LogP contribution in [0.1, 0.15) is 88.1 Å². The molecule has 0 unspecified atom stereocenters. The van der Waals surface area contributed by atoms with Crippen LogP contribution in [0.2, 0.25) is 0 Å². The number of hydrogen-bond acceptors (Lipinski definition) is 1. The van der Waals surface area contributed by atoms with E-state index >= 15 is 0 Å². The summed E-state index contributed by atoms with van der Waals surface area (Å²) in [7, 11) is 0. The maximum absolute atomic E-state index is 10.6. The molecule has 0 fully saturated rings. The minimum Gasteiger partial charge on any atom is -0.386 e. The average Bonchev–Trinajstić information content (AvgIpc) is 2.89. The Morgan fingerprint density at radius 3 is 1.91 bits per heavy atom. The molecule has 3 aromatic rings. The standard InChI is InChI=1S/C33H42O/c1-7-26-14-12-13-15-31(26)28-17-19-29(20-18-28)33(10-4,11-5)30-21-16-27(25(6)24-30)22-23-32(34,8-2)9-3/h12-24,34H,7-11H2,1-6H3. The predicted molar refractivity (Wildman–Crippen MR) is 148 cm³/mol. The smallest absolute Gasteiger partial charge is 0.0825 e. The van der Waals surface area contributed by atoms with E-state index in [1.165, 1.54) is 38.9 Å². The molecule has 1 N–H and O–H groups in total. The summed E-state index contributed by atoms with van der Waals surface area (Å²) < 4.78 is 0. The summed E-state index contributed by atoms with van der Waals surface area (Å²) in [5.74, 6) is 0. The van der Waals surface area contributed by atoms with E-state index in [-0.39, 0.29) is 5.41 Å². The second-order valence-electron chi connectivity index (χ2n) is 9.59. The first-order chi connectivity index (χ1) is 16.4. The summed E-state index contributed by atoms with van der Waals surface area (Å²) in [4.78, 5) is 0. The van der Waals surface area contributed by atoms with Crippen LogP contribution in [0.25, 0.3) is 17.2 Å². The van der Waals surface area contributed by atoms with Gasteiger partial charge in [0, 0.05) is 5.41 Å². The van der Waals surface area contributed by atoms with Crippen LogP contribution in [-0.2, 0) is 11.8 Å². The zero-order chi connectivity index (χ0) is 24.8. The predicted octanol–water partition coefficient (Wildman–Crippen LogP) is 8.89. The third-order valence-corrected chi connectivity index (χ3v) is 7.97. The van der Waals surface area contributed by atoms with Crippen molar-refractivity contribution in [1.29, 1.82) is 0 Å². The highest BCUT2D eigenvalue weighted by molar-refractivity contribution is 5.68. The Labute approximate surface area is 207 Å². The van der Waals surface area contributed by atoms with Crippen LogP contribution < -0.4 is 0 Å². The Hall–Kier alpha value is -2.64. The molecule has 34 heavy (non-hydrogen) atoms. The summed E-state index contributed by atoms with van der Waals surface area (Å²) in [5.41, 5.74) is 8.46. The van der Waals surface area contributed by atoms with Crippen LogP contribution in [0.3, 0.4) is 0 Å². The van der Waals surface area contributed by atoms with E-state index in [1.807, 2.05) is 19.9 Å². The first-order valence-electron chi connectivity index (χ1n) is 13.1. The molecule has 0 aliphatic carbocycles. The topological polar surface area (TPSA) is 20.2 Å². The maximum atomic E-state index is 10.6. The van der Waals surface area contributed by atoms with Gasteiger partial charge < -0.3 is 5.11 Å². The van der Waals surface area contributed by atoms with E-state index in [0.29, 0.717) is 0 Å². The van der Waals surface area contributed by atoms with Crippen LogP contribution in [0, 0.1) is 6.92 Å². The van der Waals surface area contributed by atoms with Crippen LogP contribution in [0.15, 0.2) is 72.8 Å². The SMILES string of the molecule is CCc1ccccc1-c1ccc(C(CC)(CC)c2ccc(C=CC(O)(CC)CC)c(C)c2)cc1. The molecule has 0 atom stereocenters.